The van der Waals surface area contributed by atoms with Gasteiger partial charge in [-0.15, -0.1) is 0 Å². The van der Waals surface area contributed by atoms with Gasteiger partial charge < -0.3 is 5.32 Å². The number of carbonyl (C=O) groups is 1. The minimum Gasteiger partial charge on any atom is -0.326 e. The zero-order valence-corrected chi connectivity index (χ0v) is 12.9. The van der Waals surface area contributed by atoms with E-state index in [1.54, 1.807) is 12.1 Å². The van der Waals surface area contributed by atoms with Crippen molar-refractivity contribution in [3.8, 4) is 0 Å². The summed E-state index contributed by atoms with van der Waals surface area (Å²) in [5.74, 6) is -0.157. The van der Waals surface area contributed by atoms with Gasteiger partial charge in [-0.3, -0.25) is 14.8 Å². The summed E-state index contributed by atoms with van der Waals surface area (Å²) in [5, 5.41) is 8.64. The van der Waals surface area contributed by atoms with Gasteiger partial charge in [-0.2, -0.15) is 18.3 Å². The zero-order valence-electron chi connectivity index (χ0n) is 12.9. The van der Waals surface area contributed by atoms with Crippen LogP contribution in [0.5, 0.6) is 0 Å². The molecule has 24 heavy (non-hydrogen) atoms. The Labute approximate surface area is 136 Å². The number of alkyl halides is 3. The summed E-state index contributed by atoms with van der Waals surface area (Å²) in [7, 11) is 0. The topological polar surface area (TPSA) is 61.0 Å². The summed E-state index contributed by atoms with van der Waals surface area (Å²) in [4.78, 5) is 13.8. The molecule has 0 unspecified atom stereocenters. The number of anilines is 1. The first kappa shape index (κ1) is 16.5. The Bertz CT molecular complexity index is 712. The molecule has 2 heterocycles. The predicted octanol–water partition coefficient (Wildman–Crippen LogP) is 2.82. The van der Waals surface area contributed by atoms with Gasteiger partial charge in [-0.1, -0.05) is 18.2 Å². The molecule has 0 aliphatic carbocycles. The SMILES string of the molecule is O=C(CCN1CCc2[nH]nc(C(F)(F)F)c2C1)Nc1ccccc1. The summed E-state index contributed by atoms with van der Waals surface area (Å²) < 4.78 is 38.8. The van der Waals surface area contributed by atoms with Crippen LogP contribution in [0.4, 0.5) is 18.9 Å². The van der Waals surface area contributed by atoms with Crippen molar-refractivity contribution in [3.05, 3.63) is 47.3 Å². The Balaban J connectivity index is 1.56. The molecule has 0 spiro atoms. The van der Waals surface area contributed by atoms with Gasteiger partial charge in [0, 0.05) is 49.4 Å². The summed E-state index contributed by atoms with van der Waals surface area (Å²) in [6.45, 7) is 1.16. The quantitative estimate of drug-likeness (QED) is 0.901. The lowest BCUT2D eigenvalue weighted by Crippen LogP contribution is -2.33. The summed E-state index contributed by atoms with van der Waals surface area (Å²) >= 11 is 0. The van der Waals surface area contributed by atoms with Crippen LogP contribution in [-0.4, -0.2) is 34.1 Å². The van der Waals surface area contributed by atoms with E-state index < -0.39 is 11.9 Å². The number of aromatic nitrogens is 2. The van der Waals surface area contributed by atoms with Gasteiger partial charge in [0.2, 0.25) is 5.91 Å². The molecule has 128 valence electrons. The van der Waals surface area contributed by atoms with E-state index in [4.69, 9.17) is 0 Å². The molecule has 1 aromatic heterocycles. The van der Waals surface area contributed by atoms with E-state index in [0.717, 1.165) is 0 Å². The molecule has 2 N–H and O–H groups in total. The average molecular weight is 338 g/mol. The Morgan fingerprint density at radius 1 is 1.29 bits per heavy atom. The highest BCUT2D eigenvalue weighted by atomic mass is 19.4. The van der Waals surface area contributed by atoms with E-state index in [9.17, 15) is 18.0 Å². The fourth-order valence-corrected chi connectivity index (χ4v) is 2.78. The van der Waals surface area contributed by atoms with Crippen LogP contribution in [0.2, 0.25) is 0 Å². The lowest BCUT2D eigenvalue weighted by molar-refractivity contribution is -0.142. The number of aromatic amines is 1. The largest absolute Gasteiger partial charge is 0.435 e. The van der Waals surface area contributed by atoms with Crippen LogP contribution in [0.1, 0.15) is 23.4 Å². The van der Waals surface area contributed by atoms with Crippen LogP contribution in [0.3, 0.4) is 0 Å². The summed E-state index contributed by atoms with van der Waals surface area (Å²) in [6.07, 6.45) is -3.76. The molecule has 2 aromatic rings. The van der Waals surface area contributed by atoms with Crippen molar-refractivity contribution in [1.82, 2.24) is 15.1 Å². The molecule has 1 aliphatic rings. The fraction of sp³-hybridized carbons (Fsp3) is 0.375. The first-order valence-corrected chi connectivity index (χ1v) is 7.64. The second-order valence-electron chi connectivity index (χ2n) is 5.72. The zero-order chi connectivity index (χ0) is 17.2. The van der Waals surface area contributed by atoms with Crippen LogP contribution < -0.4 is 5.32 Å². The van der Waals surface area contributed by atoms with Gasteiger partial charge in [0.05, 0.1) is 0 Å². The Morgan fingerprint density at radius 3 is 2.75 bits per heavy atom. The van der Waals surface area contributed by atoms with Crippen molar-refractivity contribution < 1.29 is 18.0 Å². The minimum absolute atomic E-state index is 0.152. The highest BCUT2D eigenvalue weighted by molar-refractivity contribution is 5.90. The second kappa shape index (κ2) is 6.64. The second-order valence-corrected chi connectivity index (χ2v) is 5.72. The lowest BCUT2D eigenvalue weighted by atomic mass is 10.0. The van der Waals surface area contributed by atoms with Crippen molar-refractivity contribution in [2.75, 3.05) is 18.4 Å². The van der Waals surface area contributed by atoms with Crippen LogP contribution >= 0.6 is 0 Å². The van der Waals surface area contributed by atoms with Crippen molar-refractivity contribution in [2.45, 2.75) is 25.6 Å². The van der Waals surface area contributed by atoms with Gasteiger partial charge in [0.25, 0.3) is 0 Å². The highest BCUT2D eigenvalue weighted by Gasteiger charge is 2.39. The van der Waals surface area contributed by atoms with Crippen LogP contribution in [0, 0.1) is 0 Å². The monoisotopic (exact) mass is 338 g/mol. The van der Waals surface area contributed by atoms with Crippen molar-refractivity contribution in [2.24, 2.45) is 0 Å². The number of rotatable bonds is 4. The molecule has 0 radical (unpaired) electrons. The van der Waals surface area contributed by atoms with Crippen molar-refractivity contribution >= 4 is 11.6 Å². The number of hydrogen-bond acceptors (Lipinski definition) is 3. The maximum absolute atomic E-state index is 12.9. The van der Waals surface area contributed by atoms with E-state index in [-0.39, 0.29) is 24.4 Å². The number of carbonyl (C=O) groups excluding carboxylic acids is 1. The molecule has 3 rings (SSSR count). The Morgan fingerprint density at radius 2 is 2.04 bits per heavy atom. The molecule has 0 bridgehead atoms. The number of halogens is 3. The van der Waals surface area contributed by atoms with E-state index >= 15 is 0 Å². The van der Waals surface area contributed by atoms with Crippen LogP contribution in [-0.2, 0) is 23.9 Å². The number of nitrogens with zero attached hydrogens (tertiary/aromatic N) is 2. The third-order valence-electron chi connectivity index (χ3n) is 3.99. The molecule has 5 nitrogen and oxygen atoms in total. The number of fused-ring (bicyclic) bond motifs is 1. The number of benzene rings is 1. The average Bonchev–Trinajstić information content (AvgIpc) is 2.97. The number of hydrogen-bond donors (Lipinski definition) is 2. The standard InChI is InChI=1S/C16H17F3N4O/c17-16(18,19)15-12-10-23(8-6-13(12)21-22-15)9-7-14(24)20-11-4-2-1-3-5-11/h1-5H,6-10H2,(H,20,24)(H,21,22). The molecular weight excluding hydrogens is 321 g/mol. The molecule has 1 amide bonds. The van der Waals surface area contributed by atoms with Crippen molar-refractivity contribution in [3.63, 3.8) is 0 Å². The molecule has 0 saturated carbocycles. The molecule has 0 fully saturated rings. The minimum atomic E-state index is -4.46. The van der Waals surface area contributed by atoms with Gasteiger partial charge in [-0.05, 0) is 12.1 Å². The third kappa shape index (κ3) is 3.76. The number of amides is 1. The fourth-order valence-electron chi connectivity index (χ4n) is 2.78. The maximum Gasteiger partial charge on any atom is 0.435 e. The smallest absolute Gasteiger partial charge is 0.326 e. The Hall–Kier alpha value is -2.35. The predicted molar refractivity (Wildman–Crippen MR) is 82.3 cm³/mol. The highest BCUT2D eigenvalue weighted by Crippen LogP contribution is 2.33. The lowest BCUT2D eigenvalue weighted by Gasteiger charge is -2.26. The number of nitrogens with one attached hydrogen (secondary N) is 2. The summed E-state index contributed by atoms with van der Waals surface area (Å²) in [5.41, 5.74) is 0.582. The normalized spacial score (nSPS) is 15.1. The van der Waals surface area contributed by atoms with Crippen LogP contribution in [0.25, 0.3) is 0 Å². The molecule has 0 saturated heterocycles. The van der Waals surface area contributed by atoms with Crippen LogP contribution in [0.15, 0.2) is 30.3 Å². The molecule has 1 aromatic carbocycles. The molecule has 0 atom stereocenters. The molecular formula is C16H17F3N4O. The maximum atomic E-state index is 12.9. The first-order chi connectivity index (χ1) is 11.4. The van der Waals surface area contributed by atoms with E-state index in [1.165, 1.54) is 0 Å². The molecule has 8 heteroatoms. The van der Waals surface area contributed by atoms with E-state index in [2.05, 4.69) is 15.5 Å². The molecule has 1 aliphatic heterocycles. The number of H-pyrrole nitrogens is 1. The Kier molecular flexibility index (Phi) is 4.57. The van der Waals surface area contributed by atoms with E-state index in [1.807, 2.05) is 23.1 Å². The summed E-state index contributed by atoms with van der Waals surface area (Å²) in [6, 6.07) is 9.06. The first-order valence-electron chi connectivity index (χ1n) is 7.64. The van der Waals surface area contributed by atoms with Gasteiger partial charge in [0.15, 0.2) is 5.69 Å². The van der Waals surface area contributed by atoms with Gasteiger partial charge >= 0.3 is 6.18 Å². The third-order valence-corrected chi connectivity index (χ3v) is 3.99. The van der Waals surface area contributed by atoms with Gasteiger partial charge in [0.1, 0.15) is 0 Å². The number of para-hydroxylation sites is 1. The van der Waals surface area contributed by atoms with E-state index in [0.29, 0.717) is 30.9 Å². The van der Waals surface area contributed by atoms with Gasteiger partial charge in [-0.25, -0.2) is 0 Å². The van der Waals surface area contributed by atoms with Crippen molar-refractivity contribution in [1.29, 1.82) is 0 Å².